The second kappa shape index (κ2) is 8.94. The lowest BCUT2D eigenvalue weighted by molar-refractivity contribution is 0.871. The summed E-state index contributed by atoms with van der Waals surface area (Å²) in [6, 6.07) is 0. The molecule has 0 amide bonds. The van der Waals surface area contributed by atoms with Crippen molar-refractivity contribution in [3.8, 4) is 0 Å². The van der Waals surface area contributed by atoms with Gasteiger partial charge in [0.15, 0.2) is 0 Å². The van der Waals surface area contributed by atoms with Crippen molar-refractivity contribution in [1.29, 1.82) is 0 Å². The lowest BCUT2D eigenvalue weighted by atomic mass is 10.2. The molecule has 0 aliphatic carbocycles. The summed E-state index contributed by atoms with van der Waals surface area (Å²) in [7, 11) is 0. The first-order valence-electron chi connectivity index (χ1n) is 2.92. The molecule has 0 aromatic rings. The molecule has 9 heavy (non-hydrogen) atoms. The van der Waals surface area contributed by atoms with E-state index in [-0.39, 0.29) is 0 Å². The van der Waals surface area contributed by atoms with E-state index in [1.165, 1.54) is 19.3 Å². The van der Waals surface area contributed by atoms with Crippen LogP contribution in [0.25, 0.3) is 0 Å². The standard InChI is InChI=1S/C7H10I2/c8-6-4-2-1-3-5-7-9/h4-7H,1-3H2/b6-4+,7-5+. The van der Waals surface area contributed by atoms with Crippen molar-refractivity contribution in [3.05, 3.63) is 20.3 Å². The molecule has 0 bridgehead atoms. The highest BCUT2D eigenvalue weighted by Crippen LogP contribution is 2.00. The smallest absolute Gasteiger partial charge is 0.0274 e. The van der Waals surface area contributed by atoms with Crippen molar-refractivity contribution in [2.45, 2.75) is 19.3 Å². The van der Waals surface area contributed by atoms with E-state index in [1.54, 1.807) is 0 Å². The first-order chi connectivity index (χ1) is 4.41. The fraction of sp³-hybridized carbons (Fsp3) is 0.429. The zero-order valence-electron chi connectivity index (χ0n) is 5.19. The van der Waals surface area contributed by atoms with Crippen molar-refractivity contribution in [2.24, 2.45) is 0 Å². The van der Waals surface area contributed by atoms with E-state index >= 15 is 0 Å². The maximum Gasteiger partial charge on any atom is -0.0274 e. The van der Waals surface area contributed by atoms with Gasteiger partial charge in [0.25, 0.3) is 0 Å². The van der Waals surface area contributed by atoms with E-state index < -0.39 is 0 Å². The van der Waals surface area contributed by atoms with E-state index in [0.29, 0.717) is 0 Å². The number of allylic oxidation sites excluding steroid dienone is 2. The van der Waals surface area contributed by atoms with Crippen molar-refractivity contribution in [1.82, 2.24) is 0 Å². The Bertz CT molecular complexity index is 83.1. The summed E-state index contributed by atoms with van der Waals surface area (Å²) in [5, 5.41) is 0. The zero-order chi connectivity index (χ0) is 6.95. The van der Waals surface area contributed by atoms with Gasteiger partial charge in [-0.1, -0.05) is 57.3 Å². The van der Waals surface area contributed by atoms with Gasteiger partial charge in [0.2, 0.25) is 0 Å². The predicted octanol–water partition coefficient (Wildman–Crippen LogP) is 4.05. The van der Waals surface area contributed by atoms with E-state index in [0.717, 1.165) is 0 Å². The molecule has 0 fully saturated rings. The summed E-state index contributed by atoms with van der Waals surface area (Å²) in [5.41, 5.74) is 0. The third kappa shape index (κ3) is 8.94. The minimum atomic E-state index is 1.21. The fourth-order valence-electron chi connectivity index (χ4n) is 0.480. The van der Waals surface area contributed by atoms with Gasteiger partial charge >= 0.3 is 0 Å². The van der Waals surface area contributed by atoms with Crippen LogP contribution in [0, 0.1) is 0 Å². The van der Waals surface area contributed by atoms with Gasteiger partial charge in [-0.15, -0.1) is 0 Å². The lowest BCUT2D eigenvalue weighted by Gasteiger charge is -1.86. The Morgan fingerprint density at radius 3 is 1.67 bits per heavy atom. The minimum Gasteiger partial charge on any atom is -0.0784 e. The molecule has 2 heteroatoms. The van der Waals surface area contributed by atoms with E-state index in [4.69, 9.17) is 0 Å². The average Bonchev–Trinajstić information content (AvgIpc) is 1.89. The van der Waals surface area contributed by atoms with Crippen molar-refractivity contribution in [2.75, 3.05) is 0 Å². The molecule has 0 atom stereocenters. The molecule has 0 nitrogen and oxygen atoms in total. The molecule has 0 radical (unpaired) electrons. The Morgan fingerprint density at radius 2 is 1.33 bits per heavy atom. The number of rotatable bonds is 4. The van der Waals surface area contributed by atoms with Crippen LogP contribution in [0.1, 0.15) is 19.3 Å². The molecule has 0 unspecified atom stereocenters. The maximum atomic E-state index is 2.25. The van der Waals surface area contributed by atoms with Crippen molar-refractivity contribution in [3.63, 3.8) is 0 Å². The Hall–Kier alpha value is 0.940. The third-order valence-electron chi connectivity index (χ3n) is 0.920. The van der Waals surface area contributed by atoms with Gasteiger partial charge < -0.3 is 0 Å². The number of hydrogen-bond acceptors (Lipinski definition) is 0. The van der Waals surface area contributed by atoms with Gasteiger partial charge in [-0.3, -0.25) is 0 Å². The highest BCUT2D eigenvalue weighted by Gasteiger charge is 1.77. The van der Waals surface area contributed by atoms with E-state index in [1.807, 2.05) is 0 Å². The van der Waals surface area contributed by atoms with Crippen LogP contribution in [0.4, 0.5) is 0 Å². The first-order valence-corrected chi connectivity index (χ1v) is 5.41. The molecular weight excluding hydrogens is 338 g/mol. The summed E-state index contributed by atoms with van der Waals surface area (Å²) in [6.07, 6.45) is 8.09. The molecule has 0 aliphatic heterocycles. The molecule has 0 aliphatic rings. The molecule has 0 saturated heterocycles. The van der Waals surface area contributed by atoms with E-state index in [9.17, 15) is 0 Å². The Morgan fingerprint density at radius 1 is 0.889 bits per heavy atom. The molecule has 52 valence electrons. The highest BCUT2D eigenvalue weighted by atomic mass is 127. The molecule has 0 saturated carbocycles. The SMILES string of the molecule is I/C=C/CCC/C=C/I. The minimum absolute atomic E-state index is 1.21. The highest BCUT2D eigenvalue weighted by molar-refractivity contribution is 14.1. The van der Waals surface area contributed by atoms with Gasteiger partial charge in [-0.05, 0) is 27.4 Å². The summed E-state index contributed by atoms with van der Waals surface area (Å²) in [5.74, 6) is 0. The van der Waals surface area contributed by atoms with Gasteiger partial charge in [-0.25, -0.2) is 0 Å². The molecule has 0 heterocycles. The van der Waals surface area contributed by atoms with Crippen molar-refractivity contribution < 1.29 is 0 Å². The van der Waals surface area contributed by atoms with Crippen molar-refractivity contribution >= 4 is 45.2 Å². The zero-order valence-corrected chi connectivity index (χ0v) is 9.50. The van der Waals surface area contributed by atoms with Crippen LogP contribution in [0.5, 0.6) is 0 Å². The number of hydrogen-bond donors (Lipinski definition) is 0. The summed E-state index contributed by atoms with van der Waals surface area (Å²) in [4.78, 5) is 0. The molecule has 0 aromatic heterocycles. The third-order valence-corrected chi connectivity index (χ3v) is 1.94. The maximum absolute atomic E-state index is 2.25. The second-order valence-corrected chi connectivity index (χ2v) is 3.09. The summed E-state index contributed by atoms with van der Waals surface area (Å²) >= 11 is 4.50. The van der Waals surface area contributed by atoms with E-state index in [2.05, 4.69) is 65.5 Å². The Kier molecular flexibility index (Phi) is 9.87. The average molecular weight is 348 g/mol. The van der Waals surface area contributed by atoms with Crippen LogP contribution < -0.4 is 0 Å². The van der Waals surface area contributed by atoms with Gasteiger partial charge in [0.05, 0.1) is 0 Å². The van der Waals surface area contributed by atoms with Crippen LogP contribution in [0.3, 0.4) is 0 Å². The van der Waals surface area contributed by atoms with Gasteiger partial charge in [0, 0.05) is 0 Å². The number of halogens is 2. The summed E-state index contributed by atoms with van der Waals surface area (Å²) < 4.78 is 4.15. The lowest BCUT2D eigenvalue weighted by Crippen LogP contribution is -1.65. The Labute approximate surface area is 84.1 Å². The Balaban J connectivity index is 2.91. The normalized spacial score (nSPS) is 11.8. The molecular formula is C7H10I2. The molecule has 0 N–H and O–H groups in total. The van der Waals surface area contributed by atoms with Crippen LogP contribution in [-0.2, 0) is 0 Å². The molecule has 0 rings (SSSR count). The fourth-order valence-corrected chi connectivity index (χ4v) is 1.20. The predicted molar refractivity (Wildman–Crippen MR) is 60.2 cm³/mol. The van der Waals surface area contributed by atoms with Gasteiger partial charge in [-0.2, -0.15) is 0 Å². The van der Waals surface area contributed by atoms with Crippen LogP contribution in [-0.4, -0.2) is 0 Å². The molecule has 0 spiro atoms. The quantitative estimate of drug-likeness (QED) is 0.531. The topological polar surface area (TPSA) is 0 Å². The van der Waals surface area contributed by atoms with Gasteiger partial charge in [0.1, 0.15) is 0 Å². The molecule has 0 aromatic carbocycles. The number of unbranched alkanes of at least 4 members (excludes halogenated alkanes) is 2. The first kappa shape index (κ1) is 9.94. The van der Waals surface area contributed by atoms with Crippen LogP contribution in [0.2, 0.25) is 0 Å². The van der Waals surface area contributed by atoms with Crippen LogP contribution >= 0.6 is 45.2 Å². The largest absolute Gasteiger partial charge is 0.0784 e. The summed E-state index contributed by atoms with van der Waals surface area (Å²) in [6.45, 7) is 0. The second-order valence-electron chi connectivity index (χ2n) is 1.65. The monoisotopic (exact) mass is 348 g/mol. The van der Waals surface area contributed by atoms with Crippen LogP contribution in [0.15, 0.2) is 20.3 Å².